The summed E-state index contributed by atoms with van der Waals surface area (Å²) in [7, 11) is -4.04. The van der Waals surface area contributed by atoms with Crippen LogP contribution in [0, 0.1) is 13.8 Å². The van der Waals surface area contributed by atoms with Crippen LogP contribution in [0.15, 0.2) is 84.0 Å². The second-order valence-corrected chi connectivity index (χ2v) is 10.5. The van der Waals surface area contributed by atoms with Gasteiger partial charge in [-0.2, -0.15) is 0 Å². The highest BCUT2D eigenvalue weighted by Crippen LogP contribution is 2.24. The maximum atomic E-state index is 12.8. The van der Waals surface area contributed by atoms with Crippen molar-refractivity contribution in [2.24, 2.45) is 0 Å². The first-order chi connectivity index (χ1) is 17.2. The summed E-state index contributed by atoms with van der Waals surface area (Å²) >= 11 is 6.59. The second-order valence-electron chi connectivity index (χ2n) is 8.40. The lowest BCUT2D eigenvalue weighted by Crippen LogP contribution is -2.31. The van der Waals surface area contributed by atoms with Crippen LogP contribution in [0.2, 0.25) is 5.02 Å². The third kappa shape index (κ3) is 4.62. The van der Waals surface area contributed by atoms with Gasteiger partial charge in [-0.05, 0) is 67.9 Å². The van der Waals surface area contributed by atoms with E-state index in [1.54, 1.807) is 18.2 Å². The van der Waals surface area contributed by atoms with Gasteiger partial charge in [0.25, 0.3) is 15.9 Å². The molecule has 2 aromatic carbocycles. The van der Waals surface area contributed by atoms with Crippen molar-refractivity contribution in [3.8, 4) is 5.69 Å². The number of benzene rings is 2. The Bertz CT molecular complexity index is 1690. The van der Waals surface area contributed by atoms with Crippen molar-refractivity contribution < 1.29 is 13.2 Å². The van der Waals surface area contributed by atoms with Gasteiger partial charge in [0.2, 0.25) is 0 Å². The molecule has 5 aromatic rings. The fraction of sp³-hybridized carbons (Fsp3) is 0.115. The first-order valence-corrected chi connectivity index (χ1v) is 13.0. The predicted octanol–water partition coefficient (Wildman–Crippen LogP) is 4.66. The zero-order valence-corrected chi connectivity index (χ0v) is 21.1. The number of pyridine rings is 1. The standard InChI is InChI=1S/C26H22ClN5O3S/c1-17-5-9-21(10-6-17)36(34,35)30-26(33)24-12-11-23-25(29-24)32(18(2)28-23)16-19-7-8-20(15-22(19)27)31-13-3-4-14-31/h3-15H,16H2,1-2H3,(H,30,33). The van der Waals surface area contributed by atoms with Gasteiger partial charge in [-0.15, -0.1) is 0 Å². The fourth-order valence-electron chi connectivity index (χ4n) is 3.88. The van der Waals surface area contributed by atoms with Crippen molar-refractivity contribution in [3.05, 3.63) is 107 Å². The number of fused-ring (bicyclic) bond motifs is 1. The highest BCUT2D eigenvalue weighted by Gasteiger charge is 2.21. The van der Waals surface area contributed by atoms with Gasteiger partial charge in [-0.3, -0.25) is 4.79 Å². The van der Waals surface area contributed by atoms with Crippen molar-refractivity contribution in [1.82, 2.24) is 23.8 Å². The van der Waals surface area contributed by atoms with Crippen molar-refractivity contribution >= 4 is 38.7 Å². The van der Waals surface area contributed by atoms with Crippen LogP contribution in [-0.4, -0.2) is 33.4 Å². The molecule has 10 heteroatoms. The molecule has 0 atom stereocenters. The topological polar surface area (TPSA) is 98.9 Å². The number of carbonyl (C=O) groups is 1. The van der Waals surface area contributed by atoms with Crippen LogP contribution in [-0.2, 0) is 16.6 Å². The molecule has 0 aliphatic rings. The molecule has 8 nitrogen and oxygen atoms in total. The van der Waals surface area contributed by atoms with E-state index < -0.39 is 15.9 Å². The molecule has 0 bridgehead atoms. The maximum Gasteiger partial charge on any atom is 0.283 e. The van der Waals surface area contributed by atoms with E-state index in [4.69, 9.17) is 11.6 Å². The van der Waals surface area contributed by atoms with E-state index in [0.717, 1.165) is 16.8 Å². The Morgan fingerprint density at radius 2 is 1.69 bits per heavy atom. The summed E-state index contributed by atoms with van der Waals surface area (Å²) in [4.78, 5) is 21.8. The lowest BCUT2D eigenvalue weighted by Gasteiger charge is -2.11. The molecule has 1 N–H and O–H groups in total. The number of amides is 1. The average Bonchev–Trinajstić information content (AvgIpc) is 3.48. The Labute approximate surface area is 213 Å². The highest BCUT2D eigenvalue weighted by atomic mass is 35.5. The average molecular weight is 520 g/mol. The summed E-state index contributed by atoms with van der Waals surface area (Å²) in [5.74, 6) is -0.134. The quantitative estimate of drug-likeness (QED) is 0.352. The number of halogens is 1. The van der Waals surface area contributed by atoms with Crippen molar-refractivity contribution in [2.45, 2.75) is 25.3 Å². The van der Waals surface area contributed by atoms with Gasteiger partial charge in [-0.1, -0.05) is 35.4 Å². The van der Waals surface area contributed by atoms with Crippen LogP contribution in [0.25, 0.3) is 16.9 Å². The lowest BCUT2D eigenvalue weighted by molar-refractivity contribution is 0.0977. The number of carbonyl (C=O) groups excluding carboxylic acids is 1. The molecule has 5 rings (SSSR count). The molecular formula is C26H22ClN5O3S. The molecule has 1 amide bonds. The summed E-state index contributed by atoms with van der Waals surface area (Å²) in [6, 6.07) is 19.0. The number of hydrogen-bond donors (Lipinski definition) is 1. The molecule has 0 spiro atoms. The molecule has 0 radical (unpaired) electrons. The minimum atomic E-state index is -4.04. The van der Waals surface area contributed by atoms with E-state index in [1.807, 2.05) is 65.7 Å². The minimum Gasteiger partial charge on any atom is -0.324 e. The van der Waals surface area contributed by atoms with Crippen LogP contribution in [0.5, 0.6) is 0 Å². The van der Waals surface area contributed by atoms with Gasteiger partial charge in [0.15, 0.2) is 5.65 Å². The summed E-state index contributed by atoms with van der Waals surface area (Å²) in [5, 5.41) is 0.584. The SMILES string of the molecule is Cc1ccc(S(=O)(=O)NC(=O)c2ccc3nc(C)n(Cc4ccc(-n5cccc5)cc4Cl)c3n2)cc1. The molecule has 36 heavy (non-hydrogen) atoms. The Kier molecular flexibility index (Phi) is 6.11. The normalized spacial score (nSPS) is 11.6. The van der Waals surface area contributed by atoms with E-state index >= 15 is 0 Å². The van der Waals surface area contributed by atoms with Gasteiger partial charge in [0.1, 0.15) is 17.0 Å². The lowest BCUT2D eigenvalue weighted by atomic mass is 10.2. The van der Waals surface area contributed by atoms with Gasteiger partial charge < -0.3 is 9.13 Å². The largest absolute Gasteiger partial charge is 0.324 e. The first kappa shape index (κ1) is 23.8. The Balaban J connectivity index is 1.43. The third-order valence-corrected chi connectivity index (χ3v) is 7.54. The van der Waals surface area contributed by atoms with E-state index in [2.05, 4.69) is 14.7 Å². The molecule has 0 aliphatic heterocycles. The first-order valence-electron chi connectivity index (χ1n) is 11.1. The van der Waals surface area contributed by atoms with Crippen LogP contribution in [0.3, 0.4) is 0 Å². The van der Waals surface area contributed by atoms with Gasteiger partial charge in [0, 0.05) is 23.1 Å². The van der Waals surface area contributed by atoms with Crippen molar-refractivity contribution in [1.29, 1.82) is 0 Å². The summed E-state index contributed by atoms with van der Waals surface area (Å²) in [6.07, 6.45) is 3.88. The molecule has 0 aliphatic carbocycles. The van der Waals surface area contributed by atoms with Crippen molar-refractivity contribution in [2.75, 3.05) is 0 Å². The molecule has 0 saturated carbocycles. The number of imidazole rings is 1. The number of aryl methyl sites for hydroxylation is 2. The van der Waals surface area contributed by atoms with Gasteiger partial charge in [0.05, 0.1) is 11.4 Å². The zero-order valence-electron chi connectivity index (χ0n) is 19.5. The Morgan fingerprint density at radius 3 is 2.39 bits per heavy atom. The second kappa shape index (κ2) is 9.25. The Morgan fingerprint density at radius 1 is 0.972 bits per heavy atom. The molecular weight excluding hydrogens is 498 g/mol. The van der Waals surface area contributed by atoms with Crippen LogP contribution in [0.4, 0.5) is 0 Å². The monoisotopic (exact) mass is 519 g/mol. The molecule has 0 unspecified atom stereocenters. The number of nitrogens with one attached hydrogen (secondary N) is 1. The zero-order chi connectivity index (χ0) is 25.4. The predicted molar refractivity (Wildman–Crippen MR) is 138 cm³/mol. The van der Waals surface area contributed by atoms with Gasteiger partial charge in [-0.25, -0.2) is 23.1 Å². The van der Waals surface area contributed by atoms with Crippen LogP contribution in [0.1, 0.15) is 27.4 Å². The number of rotatable bonds is 6. The number of sulfonamides is 1. The van der Waals surface area contributed by atoms with E-state index in [0.29, 0.717) is 28.6 Å². The molecule has 3 aromatic heterocycles. The number of hydrogen-bond acceptors (Lipinski definition) is 5. The minimum absolute atomic E-state index is 0.00131. The summed E-state index contributed by atoms with van der Waals surface area (Å²) < 4.78 is 31.2. The number of nitrogens with zero attached hydrogens (tertiary/aromatic N) is 4. The van der Waals surface area contributed by atoms with Crippen LogP contribution < -0.4 is 4.72 Å². The fourth-order valence-corrected chi connectivity index (χ4v) is 5.08. The highest BCUT2D eigenvalue weighted by molar-refractivity contribution is 7.90. The van der Waals surface area contributed by atoms with Crippen molar-refractivity contribution in [3.63, 3.8) is 0 Å². The van der Waals surface area contributed by atoms with E-state index in [1.165, 1.54) is 18.2 Å². The molecule has 0 fully saturated rings. The summed E-state index contributed by atoms with van der Waals surface area (Å²) in [5.41, 5.74) is 3.72. The van der Waals surface area contributed by atoms with E-state index in [9.17, 15) is 13.2 Å². The smallest absolute Gasteiger partial charge is 0.283 e. The van der Waals surface area contributed by atoms with E-state index in [-0.39, 0.29) is 10.6 Å². The maximum absolute atomic E-state index is 12.8. The Hall–Kier alpha value is -3.95. The third-order valence-electron chi connectivity index (χ3n) is 5.84. The van der Waals surface area contributed by atoms with Crippen LogP contribution >= 0.6 is 11.6 Å². The molecule has 0 saturated heterocycles. The number of aromatic nitrogens is 4. The summed E-state index contributed by atoms with van der Waals surface area (Å²) in [6.45, 7) is 4.07. The van der Waals surface area contributed by atoms with Gasteiger partial charge >= 0.3 is 0 Å². The molecule has 3 heterocycles. The molecule has 182 valence electrons.